The van der Waals surface area contributed by atoms with Crippen molar-refractivity contribution in [2.45, 2.75) is 11.8 Å². The minimum Gasteiger partial charge on any atom is -0.493 e. The molecule has 9 heteroatoms. The zero-order chi connectivity index (χ0) is 17.5. The smallest absolute Gasteiger partial charge is 0.299 e. The van der Waals surface area contributed by atoms with E-state index in [0.717, 1.165) is 5.56 Å². The number of aromatic nitrogens is 1. The molecule has 0 spiro atoms. The lowest BCUT2D eigenvalue weighted by Gasteiger charge is -1.98. The SMILES string of the molecule is Cc1ccc(S(=O)(=O)N=Nc2c(O)[nH]c3c(Cl)cc(Cl)cc23)cc1. The molecule has 1 heterocycles. The molecule has 0 radical (unpaired) electrons. The van der Waals surface area contributed by atoms with Crippen molar-refractivity contribution in [1.29, 1.82) is 0 Å². The molecule has 0 unspecified atom stereocenters. The molecule has 0 aliphatic heterocycles. The van der Waals surface area contributed by atoms with Gasteiger partial charge in [-0.2, -0.15) is 8.42 Å². The standard InChI is InChI=1S/C15H11Cl2N3O3S/c1-8-2-4-10(5-3-8)24(22,23)20-19-14-11-6-9(16)7-12(17)13(11)18-15(14)21/h2-7,18,21H,1H3. The highest BCUT2D eigenvalue weighted by atomic mass is 35.5. The van der Waals surface area contributed by atoms with Crippen LogP contribution in [0, 0.1) is 6.92 Å². The van der Waals surface area contributed by atoms with Crippen molar-refractivity contribution >= 4 is 49.8 Å². The molecule has 0 saturated heterocycles. The summed E-state index contributed by atoms with van der Waals surface area (Å²) in [5.41, 5.74) is 1.26. The van der Waals surface area contributed by atoms with Gasteiger partial charge in [0.25, 0.3) is 10.0 Å². The second-order valence-corrected chi connectivity index (χ2v) is 7.53. The van der Waals surface area contributed by atoms with E-state index in [1.54, 1.807) is 12.1 Å². The molecule has 0 fully saturated rings. The molecule has 6 nitrogen and oxygen atoms in total. The van der Waals surface area contributed by atoms with E-state index in [2.05, 4.69) is 14.6 Å². The molecule has 2 aromatic carbocycles. The van der Waals surface area contributed by atoms with Crippen LogP contribution in [0.15, 0.2) is 50.9 Å². The van der Waals surface area contributed by atoms with Crippen molar-refractivity contribution in [2.75, 3.05) is 0 Å². The van der Waals surface area contributed by atoms with Gasteiger partial charge in [0.05, 0.1) is 15.4 Å². The quantitative estimate of drug-likeness (QED) is 0.625. The number of aryl methyl sites for hydroxylation is 1. The Kier molecular flexibility index (Phi) is 4.25. The summed E-state index contributed by atoms with van der Waals surface area (Å²) in [4.78, 5) is 2.63. The van der Waals surface area contributed by atoms with E-state index in [4.69, 9.17) is 23.2 Å². The molecule has 24 heavy (non-hydrogen) atoms. The molecular weight excluding hydrogens is 373 g/mol. The van der Waals surface area contributed by atoms with Crippen molar-refractivity contribution in [3.05, 3.63) is 52.0 Å². The number of H-pyrrole nitrogens is 1. The third kappa shape index (κ3) is 3.10. The summed E-state index contributed by atoms with van der Waals surface area (Å²) in [6.45, 7) is 1.84. The van der Waals surface area contributed by atoms with Crippen LogP contribution in [0.5, 0.6) is 5.88 Å². The average molecular weight is 384 g/mol. The number of benzene rings is 2. The zero-order valence-electron chi connectivity index (χ0n) is 12.3. The number of aromatic hydroxyl groups is 1. The summed E-state index contributed by atoms with van der Waals surface area (Å²) in [5, 5.41) is 14.6. The van der Waals surface area contributed by atoms with E-state index in [9.17, 15) is 13.5 Å². The molecule has 1 aromatic heterocycles. The summed E-state index contributed by atoms with van der Waals surface area (Å²) in [6, 6.07) is 9.19. The molecule has 3 aromatic rings. The number of nitrogens with one attached hydrogen (secondary N) is 1. The third-order valence-electron chi connectivity index (χ3n) is 3.34. The van der Waals surface area contributed by atoms with Crippen LogP contribution in [0.25, 0.3) is 10.9 Å². The Bertz CT molecular complexity index is 1060. The molecular formula is C15H11Cl2N3O3S. The summed E-state index contributed by atoms with van der Waals surface area (Å²) in [5.74, 6) is -0.350. The Morgan fingerprint density at radius 3 is 2.46 bits per heavy atom. The lowest BCUT2D eigenvalue weighted by Crippen LogP contribution is -1.95. The van der Waals surface area contributed by atoms with Gasteiger partial charge in [-0.25, -0.2) is 0 Å². The van der Waals surface area contributed by atoms with E-state index in [-0.39, 0.29) is 21.5 Å². The lowest BCUT2D eigenvalue weighted by atomic mass is 10.2. The van der Waals surface area contributed by atoms with Crippen molar-refractivity contribution in [3.8, 4) is 5.88 Å². The number of hydrogen-bond donors (Lipinski definition) is 2. The Morgan fingerprint density at radius 1 is 1.12 bits per heavy atom. The van der Waals surface area contributed by atoms with E-state index < -0.39 is 10.0 Å². The van der Waals surface area contributed by atoms with Crippen LogP contribution < -0.4 is 0 Å². The fourth-order valence-electron chi connectivity index (χ4n) is 2.15. The first kappa shape index (κ1) is 16.8. The Labute approximate surface area is 147 Å². The number of rotatable bonds is 3. The summed E-state index contributed by atoms with van der Waals surface area (Å²) >= 11 is 12.0. The van der Waals surface area contributed by atoms with E-state index in [0.29, 0.717) is 15.9 Å². The molecule has 3 rings (SSSR count). The van der Waals surface area contributed by atoms with Gasteiger partial charge in [0.2, 0.25) is 5.88 Å². The van der Waals surface area contributed by atoms with Gasteiger partial charge in [-0.1, -0.05) is 45.4 Å². The highest BCUT2D eigenvalue weighted by Crippen LogP contribution is 2.40. The Hall–Kier alpha value is -2.09. The van der Waals surface area contributed by atoms with Crippen molar-refractivity contribution in [1.82, 2.24) is 4.98 Å². The fraction of sp³-hybridized carbons (Fsp3) is 0.0667. The molecule has 124 valence electrons. The van der Waals surface area contributed by atoms with Gasteiger partial charge in [0.15, 0.2) is 5.69 Å². The van der Waals surface area contributed by atoms with Gasteiger partial charge < -0.3 is 10.1 Å². The van der Waals surface area contributed by atoms with Gasteiger partial charge in [0.1, 0.15) is 0 Å². The van der Waals surface area contributed by atoms with Crippen molar-refractivity contribution in [3.63, 3.8) is 0 Å². The zero-order valence-corrected chi connectivity index (χ0v) is 14.6. The molecule has 0 saturated carbocycles. The number of hydrogen-bond acceptors (Lipinski definition) is 4. The second kappa shape index (κ2) is 6.08. The summed E-state index contributed by atoms with van der Waals surface area (Å²) in [7, 11) is -3.99. The van der Waals surface area contributed by atoms with Crippen LogP contribution in [0.3, 0.4) is 0 Å². The van der Waals surface area contributed by atoms with Crippen LogP contribution in [-0.4, -0.2) is 18.5 Å². The van der Waals surface area contributed by atoms with Crippen molar-refractivity contribution < 1.29 is 13.5 Å². The van der Waals surface area contributed by atoms with Gasteiger partial charge >= 0.3 is 0 Å². The van der Waals surface area contributed by atoms with E-state index >= 15 is 0 Å². The molecule has 0 atom stereocenters. The van der Waals surface area contributed by atoms with Crippen LogP contribution >= 0.6 is 23.2 Å². The highest BCUT2D eigenvalue weighted by Gasteiger charge is 2.17. The fourth-order valence-corrected chi connectivity index (χ4v) is 3.45. The number of aromatic amines is 1. The second-order valence-electron chi connectivity index (χ2n) is 5.10. The lowest BCUT2D eigenvalue weighted by molar-refractivity contribution is 0.459. The van der Waals surface area contributed by atoms with Gasteiger partial charge in [0, 0.05) is 10.4 Å². The van der Waals surface area contributed by atoms with Gasteiger partial charge in [-0.05, 0) is 31.2 Å². The maximum atomic E-state index is 12.2. The monoisotopic (exact) mass is 383 g/mol. The first-order valence-corrected chi connectivity index (χ1v) is 8.92. The summed E-state index contributed by atoms with van der Waals surface area (Å²) in [6.07, 6.45) is 0. The topological polar surface area (TPSA) is 94.9 Å². The molecule has 0 amide bonds. The third-order valence-corrected chi connectivity index (χ3v) is 5.03. The normalized spacial score (nSPS) is 12.3. The Balaban J connectivity index is 2.07. The first-order chi connectivity index (χ1) is 11.3. The number of nitrogens with zero attached hydrogens (tertiary/aromatic N) is 2. The van der Waals surface area contributed by atoms with Crippen LogP contribution in [0.4, 0.5) is 5.69 Å². The van der Waals surface area contributed by atoms with E-state index in [1.165, 1.54) is 24.3 Å². The number of sulfonamides is 1. The predicted octanol–water partition coefficient (Wildman–Crippen LogP) is 4.96. The largest absolute Gasteiger partial charge is 0.493 e. The minimum atomic E-state index is -3.99. The predicted molar refractivity (Wildman–Crippen MR) is 92.9 cm³/mol. The molecule has 2 N–H and O–H groups in total. The number of fused-ring (bicyclic) bond motifs is 1. The molecule has 0 aliphatic carbocycles. The van der Waals surface area contributed by atoms with Crippen LogP contribution in [-0.2, 0) is 10.0 Å². The van der Waals surface area contributed by atoms with Crippen molar-refractivity contribution in [2.24, 2.45) is 9.63 Å². The van der Waals surface area contributed by atoms with Gasteiger partial charge in [-0.15, -0.1) is 5.11 Å². The summed E-state index contributed by atoms with van der Waals surface area (Å²) < 4.78 is 27.8. The molecule has 0 bridgehead atoms. The maximum Gasteiger partial charge on any atom is 0.299 e. The Morgan fingerprint density at radius 2 is 1.79 bits per heavy atom. The number of halogens is 2. The van der Waals surface area contributed by atoms with Gasteiger partial charge in [-0.3, -0.25) is 0 Å². The van der Waals surface area contributed by atoms with Crippen LogP contribution in [0.1, 0.15) is 5.56 Å². The first-order valence-electron chi connectivity index (χ1n) is 6.72. The minimum absolute atomic E-state index is 0.00671. The highest BCUT2D eigenvalue weighted by molar-refractivity contribution is 7.90. The molecule has 0 aliphatic rings. The van der Waals surface area contributed by atoms with E-state index in [1.807, 2.05) is 6.92 Å². The average Bonchev–Trinajstić information content (AvgIpc) is 2.82. The van der Waals surface area contributed by atoms with Crippen LogP contribution in [0.2, 0.25) is 10.0 Å². The maximum absolute atomic E-state index is 12.2.